The van der Waals surface area contributed by atoms with E-state index in [0.29, 0.717) is 18.2 Å². The maximum absolute atomic E-state index is 11.9. The molecule has 1 aromatic heterocycles. The van der Waals surface area contributed by atoms with Crippen LogP contribution in [0.4, 0.5) is 5.69 Å². The summed E-state index contributed by atoms with van der Waals surface area (Å²) in [5, 5.41) is 10.5. The molecule has 0 fully saturated rings. The van der Waals surface area contributed by atoms with Crippen molar-refractivity contribution in [1.29, 1.82) is 0 Å². The minimum absolute atomic E-state index is 0.124. The molecular weight excluding hydrogens is 254 g/mol. The van der Waals surface area contributed by atoms with Crippen molar-refractivity contribution in [3.8, 4) is 0 Å². The van der Waals surface area contributed by atoms with Gasteiger partial charge >= 0.3 is 0 Å². The highest BCUT2D eigenvalue weighted by Crippen LogP contribution is 2.18. The van der Waals surface area contributed by atoms with E-state index in [0.717, 1.165) is 5.69 Å². The van der Waals surface area contributed by atoms with Crippen LogP contribution in [0, 0.1) is 0 Å². The van der Waals surface area contributed by atoms with Gasteiger partial charge in [-0.1, -0.05) is 31.2 Å². The highest BCUT2D eigenvalue weighted by molar-refractivity contribution is 5.90. The summed E-state index contributed by atoms with van der Waals surface area (Å²) in [6.45, 7) is 4.67. The van der Waals surface area contributed by atoms with Gasteiger partial charge in [0, 0.05) is 12.2 Å². The van der Waals surface area contributed by atoms with Gasteiger partial charge in [-0.05, 0) is 23.6 Å². The van der Waals surface area contributed by atoms with Gasteiger partial charge in [-0.3, -0.25) is 4.79 Å². The van der Waals surface area contributed by atoms with Gasteiger partial charge < -0.3 is 11.1 Å². The molecule has 3 N–H and O–H groups in total. The van der Waals surface area contributed by atoms with Crippen molar-refractivity contribution < 1.29 is 4.79 Å². The second-order valence-electron chi connectivity index (χ2n) is 4.94. The van der Waals surface area contributed by atoms with Gasteiger partial charge in [0.1, 0.15) is 6.54 Å². The van der Waals surface area contributed by atoms with Crippen molar-refractivity contribution in [3.05, 3.63) is 41.7 Å². The second-order valence-corrected chi connectivity index (χ2v) is 4.94. The van der Waals surface area contributed by atoms with E-state index < -0.39 is 0 Å². The number of nitrogens with one attached hydrogen (secondary N) is 1. The normalized spacial score (nSPS) is 10.8. The summed E-state index contributed by atoms with van der Waals surface area (Å²) in [4.78, 5) is 11.9. The van der Waals surface area contributed by atoms with E-state index in [1.807, 2.05) is 24.3 Å². The number of anilines is 1. The third-order valence-electron chi connectivity index (χ3n) is 2.94. The molecule has 0 saturated carbocycles. The van der Waals surface area contributed by atoms with Crippen molar-refractivity contribution in [3.63, 3.8) is 0 Å². The standard InChI is InChI=1S/C14H19N5O/c1-10(2)11-4-3-5-12(6-11)16-14(20)9-19-8-13(7-15)17-18-19/h3-6,8,10H,7,9,15H2,1-2H3,(H,16,20). The van der Waals surface area contributed by atoms with Crippen LogP contribution in [-0.2, 0) is 17.9 Å². The molecule has 2 rings (SSSR count). The lowest BCUT2D eigenvalue weighted by Crippen LogP contribution is -2.19. The maximum Gasteiger partial charge on any atom is 0.246 e. The van der Waals surface area contributed by atoms with Gasteiger partial charge in [0.2, 0.25) is 5.91 Å². The fraction of sp³-hybridized carbons (Fsp3) is 0.357. The molecule has 0 atom stereocenters. The highest BCUT2D eigenvalue weighted by atomic mass is 16.2. The van der Waals surface area contributed by atoms with E-state index in [4.69, 9.17) is 5.73 Å². The quantitative estimate of drug-likeness (QED) is 0.864. The first-order valence-electron chi connectivity index (χ1n) is 6.57. The number of benzene rings is 1. The number of carbonyl (C=O) groups is 1. The van der Waals surface area contributed by atoms with Crippen LogP contribution in [0.1, 0.15) is 31.0 Å². The average molecular weight is 273 g/mol. The third-order valence-corrected chi connectivity index (χ3v) is 2.94. The summed E-state index contributed by atoms with van der Waals surface area (Å²) in [6, 6.07) is 7.84. The summed E-state index contributed by atoms with van der Waals surface area (Å²) < 4.78 is 1.48. The van der Waals surface area contributed by atoms with Crippen LogP contribution in [0.2, 0.25) is 0 Å². The van der Waals surface area contributed by atoms with E-state index in [2.05, 4.69) is 29.5 Å². The fourth-order valence-corrected chi connectivity index (χ4v) is 1.83. The van der Waals surface area contributed by atoms with Crippen LogP contribution in [0.5, 0.6) is 0 Å². The van der Waals surface area contributed by atoms with Crippen LogP contribution >= 0.6 is 0 Å². The van der Waals surface area contributed by atoms with E-state index in [-0.39, 0.29) is 12.5 Å². The minimum Gasteiger partial charge on any atom is -0.325 e. The van der Waals surface area contributed by atoms with Crippen molar-refractivity contribution in [2.45, 2.75) is 32.9 Å². The third kappa shape index (κ3) is 3.64. The van der Waals surface area contributed by atoms with Gasteiger partial charge in [0.25, 0.3) is 0 Å². The zero-order valence-electron chi connectivity index (χ0n) is 11.7. The molecule has 106 valence electrons. The molecule has 6 nitrogen and oxygen atoms in total. The molecule has 0 spiro atoms. The number of aromatic nitrogens is 3. The van der Waals surface area contributed by atoms with Gasteiger partial charge in [0.05, 0.1) is 11.9 Å². The average Bonchev–Trinajstić information content (AvgIpc) is 2.86. The number of hydrogen-bond acceptors (Lipinski definition) is 4. The first kappa shape index (κ1) is 14.2. The number of rotatable bonds is 5. The molecule has 20 heavy (non-hydrogen) atoms. The van der Waals surface area contributed by atoms with Crippen LogP contribution in [0.15, 0.2) is 30.5 Å². The first-order chi connectivity index (χ1) is 9.58. The highest BCUT2D eigenvalue weighted by Gasteiger charge is 2.07. The molecule has 1 amide bonds. The lowest BCUT2D eigenvalue weighted by Gasteiger charge is -2.09. The van der Waals surface area contributed by atoms with Gasteiger partial charge in [-0.25, -0.2) is 4.68 Å². The van der Waals surface area contributed by atoms with E-state index in [1.54, 1.807) is 6.20 Å². The summed E-state index contributed by atoms with van der Waals surface area (Å²) in [5.41, 5.74) is 8.09. The SMILES string of the molecule is CC(C)c1cccc(NC(=O)Cn2cc(CN)nn2)c1. The molecule has 1 aromatic carbocycles. The van der Waals surface area contributed by atoms with Crippen molar-refractivity contribution in [1.82, 2.24) is 15.0 Å². The van der Waals surface area contributed by atoms with Crippen LogP contribution in [-0.4, -0.2) is 20.9 Å². The Morgan fingerprint density at radius 2 is 2.25 bits per heavy atom. The molecule has 0 saturated heterocycles. The Morgan fingerprint density at radius 1 is 1.45 bits per heavy atom. The fourth-order valence-electron chi connectivity index (χ4n) is 1.83. The molecule has 0 radical (unpaired) electrons. The van der Waals surface area contributed by atoms with Crippen molar-refractivity contribution in [2.75, 3.05) is 5.32 Å². The largest absolute Gasteiger partial charge is 0.325 e. The summed E-state index contributed by atoms with van der Waals surface area (Å²) in [7, 11) is 0. The Hall–Kier alpha value is -2.21. The van der Waals surface area contributed by atoms with Gasteiger partial charge in [0.15, 0.2) is 0 Å². The Morgan fingerprint density at radius 3 is 2.90 bits per heavy atom. The monoisotopic (exact) mass is 273 g/mol. The number of nitrogens with zero attached hydrogens (tertiary/aromatic N) is 3. The van der Waals surface area contributed by atoms with Crippen LogP contribution in [0.3, 0.4) is 0 Å². The minimum atomic E-state index is -0.139. The smallest absolute Gasteiger partial charge is 0.246 e. The Balaban J connectivity index is 1.99. The zero-order chi connectivity index (χ0) is 14.5. The van der Waals surface area contributed by atoms with Gasteiger partial charge in [-0.2, -0.15) is 0 Å². The number of hydrogen-bond donors (Lipinski definition) is 2. The lowest BCUT2D eigenvalue weighted by atomic mass is 10.0. The molecule has 0 aliphatic rings. The van der Waals surface area contributed by atoms with E-state index >= 15 is 0 Å². The van der Waals surface area contributed by atoms with Crippen LogP contribution in [0.25, 0.3) is 0 Å². The number of amides is 1. The molecule has 1 heterocycles. The Bertz CT molecular complexity index is 591. The molecule has 0 bridgehead atoms. The maximum atomic E-state index is 11.9. The lowest BCUT2D eigenvalue weighted by molar-refractivity contribution is -0.116. The van der Waals surface area contributed by atoms with Crippen molar-refractivity contribution >= 4 is 11.6 Å². The predicted octanol–water partition coefficient (Wildman–Crippen LogP) is 1.50. The molecule has 0 unspecified atom stereocenters. The topological polar surface area (TPSA) is 85.8 Å². The summed E-state index contributed by atoms with van der Waals surface area (Å²) in [6.07, 6.45) is 1.67. The van der Waals surface area contributed by atoms with Crippen LogP contribution < -0.4 is 11.1 Å². The summed E-state index contributed by atoms with van der Waals surface area (Å²) >= 11 is 0. The van der Waals surface area contributed by atoms with Crippen molar-refractivity contribution in [2.24, 2.45) is 5.73 Å². The zero-order valence-corrected chi connectivity index (χ0v) is 11.7. The van der Waals surface area contributed by atoms with Gasteiger partial charge in [-0.15, -0.1) is 5.10 Å². The Labute approximate surface area is 118 Å². The van der Waals surface area contributed by atoms with E-state index in [9.17, 15) is 4.79 Å². The van der Waals surface area contributed by atoms with E-state index in [1.165, 1.54) is 10.2 Å². The molecule has 2 aromatic rings. The molecule has 0 aliphatic heterocycles. The number of carbonyl (C=O) groups excluding carboxylic acids is 1. The molecule has 6 heteroatoms. The molecule has 0 aliphatic carbocycles. The molecular formula is C14H19N5O. The first-order valence-corrected chi connectivity index (χ1v) is 6.57. The summed E-state index contributed by atoms with van der Waals surface area (Å²) in [5.74, 6) is 0.286. The number of nitrogens with two attached hydrogens (primary N) is 1. The predicted molar refractivity (Wildman–Crippen MR) is 77.1 cm³/mol. The second kappa shape index (κ2) is 6.29. The Kier molecular flexibility index (Phi) is 4.47.